The lowest BCUT2D eigenvalue weighted by Gasteiger charge is -2.07. The van der Waals surface area contributed by atoms with Crippen LogP contribution in [-0.4, -0.2) is 32.3 Å². The number of carbonyl (C=O) groups is 1. The van der Waals surface area contributed by atoms with Gasteiger partial charge in [-0.3, -0.25) is 0 Å². The lowest BCUT2D eigenvalue weighted by atomic mass is 10.1. The first-order valence-corrected chi connectivity index (χ1v) is 7.35. The summed E-state index contributed by atoms with van der Waals surface area (Å²) < 4.78 is 6.25. The van der Waals surface area contributed by atoms with Crippen LogP contribution in [0.3, 0.4) is 0 Å². The van der Waals surface area contributed by atoms with Crippen LogP contribution in [0.25, 0.3) is 0 Å². The third-order valence-corrected chi connectivity index (χ3v) is 3.10. The van der Waals surface area contributed by atoms with Gasteiger partial charge in [-0.1, -0.05) is 28.1 Å². The number of urea groups is 1. The van der Waals surface area contributed by atoms with Gasteiger partial charge in [-0.25, -0.2) is 4.79 Å². The van der Waals surface area contributed by atoms with Crippen molar-refractivity contribution in [3.8, 4) is 0 Å². The van der Waals surface area contributed by atoms with Crippen LogP contribution in [0, 0.1) is 0 Å². The van der Waals surface area contributed by atoms with E-state index in [1.807, 2.05) is 31.2 Å². The number of benzene rings is 1. The molecule has 0 unspecified atom stereocenters. The van der Waals surface area contributed by atoms with Crippen LogP contribution in [0.2, 0.25) is 0 Å². The fourth-order valence-corrected chi connectivity index (χ4v) is 1.82. The Morgan fingerprint density at radius 1 is 1.21 bits per heavy atom. The highest BCUT2D eigenvalue weighted by molar-refractivity contribution is 9.10. The molecule has 0 aliphatic heterocycles. The Kier molecular flexibility index (Phi) is 8.25. The number of nitrogens with one attached hydrogen (secondary N) is 2. The molecule has 0 radical (unpaired) electrons. The van der Waals surface area contributed by atoms with Gasteiger partial charge < -0.3 is 15.4 Å². The molecule has 0 atom stereocenters. The number of rotatable bonds is 8. The molecule has 2 N–H and O–H groups in total. The van der Waals surface area contributed by atoms with Gasteiger partial charge in [-0.15, -0.1) is 0 Å². The Bertz CT molecular complexity index is 368. The molecule has 4 nitrogen and oxygen atoms in total. The highest BCUT2D eigenvalue weighted by atomic mass is 79.9. The maximum Gasteiger partial charge on any atom is 0.314 e. The monoisotopic (exact) mass is 328 g/mol. The predicted molar refractivity (Wildman–Crippen MR) is 80.4 cm³/mol. The van der Waals surface area contributed by atoms with Crippen LogP contribution in [-0.2, 0) is 11.2 Å². The molecule has 5 heteroatoms. The van der Waals surface area contributed by atoms with Crippen molar-refractivity contribution in [2.24, 2.45) is 0 Å². The van der Waals surface area contributed by atoms with Crippen LogP contribution in [0.15, 0.2) is 28.7 Å². The fraction of sp³-hybridized carbons (Fsp3) is 0.500. The van der Waals surface area contributed by atoms with E-state index in [1.54, 1.807) is 0 Å². The Balaban J connectivity index is 2.05. The van der Waals surface area contributed by atoms with E-state index in [0.29, 0.717) is 19.7 Å². The third kappa shape index (κ3) is 7.85. The standard InChI is InChI=1S/C14H21BrN2O2/c1-2-19-11-3-9-16-14(18)17-10-8-12-4-6-13(15)7-5-12/h4-7H,2-3,8-11H2,1H3,(H2,16,17,18). The molecule has 0 saturated heterocycles. The van der Waals surface area contributed by atoms with Crippen molar-refractivity contribution >= 4 is 22.0 Å². The summed E-state index contributed by atoms with van der Waals surface area (Å²) in [6.07, 6.45) is 1.67. The third-order valence-electron chi connectivity index (χ3n) is 2.57. The van der Waals surface area contributed by atoms with Crippen molar-refractivity contribution in [1.82, 2.24) is 10.6 Å². The second-order valence-corrected chi connectivity index (χ2v) is 5.03. The number of hydrogen-bond acceptors (Lipinski definition) is 2. The summed E-state index contributed by atoms with van der Waals surface area (Å²) in [5.74, 6) is 0. The van der Waals surface area contributed by atoms with Gasteiger partial charge in [0.15, 0.2) is 0 Å². The zero-order chi connectivity index (χ0) is 13.9. The maximum atomic E-state index is 11.4. The summed E-state index contributed by atoms with van der Waals surface area (Å²) in [5.41, 5.74) is 1.21. The summed E-state index contributed by atoms with van der Waals surface area (Å²) in [4.78, 5) is 11.4. The molecule has 0 heterocycles. The number of ether oxygens (including phenoxy) is 1. The molecule has 2 amide bonds. The summed E-state index contributed by atoms with van der Waals surface area (Å²) >= 11 is 3.39. The average Bonchev–Trinajstić information content (AvgIpc) is 2.41. The Labute approximate surface area is 123 Å². The molecule has 0 fully saturated rings. The van der Waals surface area contributed by atoms with Gasteiger partial charge in [-0.2, -0.15) is 0 Å². The molecule has 0 aromatic heterocycles. The topological polar surface area (TPSA) is 50.4 Å². The molecule has 106 valence electrons. The van der Waals surface area contributed by atoms with E-state index in [1.165, 1.54) is 5.56 Å². The van der Waals surface area contributed by atoms with Gasteiger partial charge in [0, 0.05) is 30.8 Å². The van der Waals surface area contributed by atoms with Gasteiger partial charge in [0.2, 0.25) is 0 Å². The molecule has 19 heavy (non-hydrogen) atoms. The molecule has 0 spiro atoms. The SMILES string of the molecule is CCOCCCNC(=O)NCCc1ccc(Br)cc1. The van der Waals surface area contributed by atoms with Crippen LogP contribution in [0.5, 0.6) is 0 Å². The molecular weight excluding hydrogens is 308 g/mol. The second-order valence-electron chi connectivity index (χ2n) is 4.11. The zero-order valence-corrected chi connectivity index (χ0v) is 12.8. The minimum Gasteiger partial charge on any atom is -0.382 e. The molecule has 1 aromatic carbocycles. The van der Waals surface area contributed by atoms with Crippen molar-refractivity contribution in [1.29, 1.82) is 0 Å². The van der Waals surface area contributed by atoms with Crippen LogP contribution < -0.4 is 10.6 Å². The smallest absolute Gasteiger partial charge is 0.314 e. The first-order chi connectivity index (χ1) is 9.22. The number of amides is 2. The van der Waals surface area contributed by atoms with Crippen molar-refractivity contribution in [2.45, 2.75) is 19.8 Å². The van der Waals surface area contributed by atoms with E-state index < -0.39 is 0 Å². The highest BCUT2D eigenvalue weighted by Crippen LogP contribution is 2.10. The van der Waals surface area contributed by atoms with Crippen molar-refractivity contribution in [3.63, 3.8) is 0 Å². The molecular formula is C14H21BrN2O2. The van der Waals surface area contributed by atoms with Crippen molar-refractivity contribution in [3.05, 3.63) is 34.3 Å². The first kappa shape index (κ1) is 16.0. The largest absolute Gasteiger partial charge is 0.382 e. The van der Waals surface area contributed by atoms with Crippen molar-refractivity contribution in [2.75, 3.05) is 26.3 Å². The molecule has 0 bridgehead atoms. The lowest BCUT2D eigenvalue weighted by molar-refractivity contribution is 0.145. The van der Waals surface area contributed by atoms with Gasteiger partial charge >= 0.3 is 6.03 Å². The normalized spacial score (nSPS) is 10.2. The molecule has 0 aliphatic carbocycles. The fourth-order valence-electron chi connectivity index (χ4n) is 1.55. The molecule has 1 aromatic rings. The number of halogens is 1. The summed E-state index contributed by atoms with van der Waals surface area (Å²) in [5, 5.41) is 5.63. The second kappa shape index (κ2) is 9.81. The Hall–Kier alpha value is -1.07. The van der Waals surface area contributed by atoms with E-state index in [4.69, 9.17) is 4.74 Å². The van der Waals surface area contributed by atoms with Crippen molar-refractivity contribution < 1.29 is 9.53 Å². The van der Waals surface area contributed by atoms with E-state index in [9.17, 15) is 4.79 Å². The highest BCUT2D eigenvalue weighted by Gasteiger charge is 1.99. The quantitative estimate of drug-likeness (QED) is 0.721. The average molecular weight is 329 g/mol. The Morgan fingerprint density at radius 3 is 2.58 bits per heavy atom. The molecule has 1 rings (SSSR count). The lowest BCUT2D eigenvalue weighted by Crippen LogP contribution is -2.37. The van der Waals surface area contributed by atoms with Gasteiger partial charge in [0.05, 0.1) is 0 Å². The summed E-state index contributed by atoms with van der Waals surface area (Å²) in [7, 11) is 0. The van der Waals surface area contributed by atoms with Gasteiger partial charge in [0.25, 0.3) is 0 Å². The zero-order valence-electron chi connectivity index (χ0n) is 11.2. The van der Waals surface area contributed by atoms with Gasteiger partial charge in [0.1, 0.15) is 0 Å². The molecule has 0 saturated carbocycles. The van der Waals surface area contributed by atoms with Crippen LogP contribution >= 0.6 is 15.9 Å². The van der Waals surface area contributed by atoms with Crippen LogP contribution in [0.1, 0.15) is 18.9 Å². The van der Waals surface area contributed by atoms with E-state index in [0.717, 1.165) is 23.9 Å². The first-order valence-electron chi connectivity index (χ1n) is 6.56. The molecule has 0 aliphatic rings. The summed E-state index contributed by atoms with van der Waals surface area (Å²) in [6.45, 7) is 4.65. The number of carbonyl (C=O) groups excluding carboxylic acids is 1. The number of hydrogen-bond donors (Lipinski definition) is 2. The van der Waals surface area contributed by atoms with E-state index >= 15 is 0 Å². The Morgan fingerprint density at radius 2 is 1.89 bits per heavy atom. The predicted octanol–water partition coefficient (Wildman–Crippen LogP) is 2.72. The summed E-state index contributed by atoms with van der Waals surface area (Å²) in [6, 6.07) is 7.98. The van der Waals surface area contributed by atoms with E-state index in [-0.39, 0.29) is 6.03 Å². The van der Waals surface area contributed by atoms with Gasteiger partial charge in [-0.05, 0) is 37.5 Å². The van der Waals surface area contributed by atoms with Crippen LogP contribution in [0.4, 0.5) is 4.79 Å². The maximum absolute atomic E-state index is 11.4. The minimum atomic E-state index is -0.117. The minimum absolute atomic E-state index is 0.117. The van der Waals surface area contributed by atoms with E-state index in [2.05, 4.69) is 26.6 Å².